The van der Waals surface area contributed by atoms with Crippen LogP contribution in [0.25, 0.3) is 6.08 Å². The molecule has 1 saturated heterocycles. The van der Waals surface area contributed by atoms with Gasteiger partial charge in [0.05, 0.1) is 25.3 Å². The minimum absolute atomic E-state index is 0.191. The summed E-state index contributed by atoms with van der Waals surface area (Å²) in [5, 5.41) is 11.2. The number of hydrogen-bond acceptors (Lipinski definition) is 6. The van der Waals surface area contributed by atoms with E-state index in [4.69, 9.17) is 9.47 Å². The van der Waals surface area contributed by atoms with Gasteiger partial charge in [0.2, 0.25) is 0 Å². The maximum absolute atomic E-state index is 12.0. The Hall–Kier alpha value is -3.06. The lowest BCUT2D eigenvalue weighted by Crippen LogP contribution is -2.19. The molecule has 3 rings (SSSR count). The first-order chi connectivity index (χ1) is 12.7. The zero-order chi connectivity index (χ0) is 18.4. The van der Waals surface area contributed by atoms with Crippen LogP contribution in [0.3, 0.4) is 0 Å². The van der Waals surface area contributed by atoms with Crippen molar-refractivity contribution in [1.29, 1.82) is 0 Å². The van der Waals surface area contributed by atoms with Crippen molar-refractivity contribution in [3.05, 3.63) is 64.6 Å². The number of amidine groups is 1. The molecule has 1 amide bonds. The van der Waals surface area contributed by atoms with Gasteiger partial charge in [-0.1, -0.05) is 12.1 Å². The molecule has 6 nitrogen and oxygen atoms in total. The van der Waals surface area contributed by atoms with Crippen LogP contribution < -0.4 is 14.8 Å². The molecule has 1 aliphatic heterocycles. The highest BCUT2D eigenvalue weighted by Gasteiger charge is 2.23. The first kappa shape index (κ1) is 17.8. The molecule has 0 bridgehead atoms. The normalized spacial score (nSPS) is 17.1. The topological polar surface area (TPSA) is 72.3 Å². The molecule has 2 aromatic rings. The lowest BCUT2D eigenvalue weighted by molar-refractivity contribution is -0.115. The monoisotopic (exact) mass is 367 g/mol. The van der Waals surface area contributed by atoms with Crippen LogP contribution >= 0.6 is 11.8 Å². The molecule has 0 aromatic heterocycles. The summed E-state index contributed by atoms with van der Waals surface area (Å²) in [7, 11) is 3.23. The van der Waals surface area contributed by atoms with E-state index in [0.717, 1.165) is 22.6 Å². The number of nitrogens with one attached hydrogen (secondary N) is 1. The summed E-state index contributed by atoms with van der Waals surface area (Å²) in [6.07, 6.45) is 3.42. The van der Waals surface area contributed by atoms with Crippen molar-refractivity contribution in [3.63, 3.8) is 0 Å². The van der Waals surface area contributed by atoms with Gasteiger partial charge in [-0.2, -0.15) is 5.10 Å². The predicted molar refractivity (Wildman–Crippen MR) is 105 cm³/mol. The Morgan fingerprint density at radius 3 is 2.08 bits per heavy atom. The largest absolute Gasteiger partial charge is 0.497 e. The van der Waals surface area contributed by atoms with Crippen LogP contribution in [0, 0.1) is 0 Å². The molecule has 0 unspecified atom stereocenters. The highest BCUT2D eigenvalue weighted by Crippen LogP contribution is 2.26. The van der Waals surface area contributed by atoms with Gasteiger partial charge in [-0.25, -0.2) is 0 Å². The smallest absolute Gasteiger partial charge is 0.264 e. The minimum atomic E-state index is -0.191. The fourth-order valence-corrected chi connectivity index (χ4v) is 2.94. The Labute approximate surface area is 155 Å². The number of benzene rings is 2. The van der Waals surface area contributed by atoms with Crippen molar-refractivity contribution in [2.45, 2.75) is 0 Å². The van der Waals surface area contributed by atoms with Crippen LogP contribution in [0.15, 0.2) is 63.6 Å². The van der Waals surface area contributed by atoms with Gasteiger partial charge < -0.3 is 9.47 Å². The average molecular weight is 367 g/mol. The maximum Gasteiger partial charge on any atom is 0.264 e. The fourth-order valence-electron chi connectivity index (χ4n) is 2.16. The number of carbonyl (C=O) groups excluding carboxylic acids is 1. The molecule has 26 heavy (non-hydrogen) atoms. The summed E-state index contributed by atoms with van der Waals surface area (Å²) < 4.78 is 10.2. The Morgan fingerprint density at radius 1 is 0.923 bits per heavy atom. The van der Waals surface area contributed by atoms with Gasteiger partial charge in [0.15, 0.2) is 5.17 Å². The Bertz CT molecular complexity index is 872. The van der Waals surface area contributed by atoms with Crippen LogP contribution in [0.5, 0.6) is 11.5 Å². The Kier molecular flexibility index (Phi) is 5.70. The third-order valence-electron chi connectivity index (χ3n) is 3.54. The summed E-state index contributed by atoms with van der Waals surface area (Å²) in [5.41, 5.74) is 1.80. The van der Waals surface area contributed by atoms with Crippen molar-refractivity contribution in [3.8, 4) is 11.5 Å². The highest BCUT2D eigenvalue weighted by atomic mass is 32.2. The zero-order valence-electron chi connectivity index (χ0n) is 14.3. The van der Waals surface area contributed by atoms with Gasteiger partial charge >= 0.3 is 0 Å². The summed E-state index contributed by atoms with van der Waals surface area (Å²) in [5.74, 6) is 1.36. The molecule has 0 aliphatic carbocycles. The van der Waals surface area contributed by atoms with E-state index in [0.29, 0.717) is 10.1 Å². The third kappa shape index (κ3) is 4.52. The number of nitrogens with zero attached hydrogens (tertiary/aromatic N) is 2. The molecule has 2 aromatic carbocycles. The van der Waals surface area contributed by atoms with E-state index in [9.17, 15) is 4.79 Å². The lowest BCUT2D eigenvalue weighted by Gasteiger charge is -1.99. The van der Waals surface area contributed by atoms with Crippen molar-refractivity contribution >= 4 is 35.1 Å². The molecule has 1 fully saturated rings. The second kappa shape index (κ2) is 8.35. The number of amides is 1. The first-order valence-electron chi connectivity index (χ1n) is 7.78. The standard InChI is InChI=1S/C19H17N3O3S/c1-24-15-7-3-13(4-8-15)11-17-18(23)21-19(26-17)22-20-12-14-5-9-16(25-2)10-6-14/h3-12H,1-2H3,(H,21,22,23). The number of rotatable bonds is 5. The van der Waals surface area contributed by atoms with E-state index in [1.165, 1.54) is 11.8 Å². The molecule has 1 aliphatic rings. The van der Waals surface area contributed by atoms with E-state index in [2.05, 4.69) is 15.5 Å². The molecule has 1 heterocycles. The number of carbonyl (C=O) groups is 1. The predicted octanol–water partition coefficient (Wildman–Crippen LogP) is 3.30. The van der Waals surface area contributed by atoms with Gasteiger partial charge in [0, 0.05) is 0 Å². The number of thioether (sulfide) groups is 1. The first-order valence-corrected chi connectivity index (χ1v) is 8.59. The van der Waals surface area contributed by atoms with Gasteiger partial charge in [0.25, 0.3) is 5.91 Å². The van der Waals surface area contributed by atoms with Crippen LogP contribution in [-0.2, 0) is 4.79 Å². The lowest BCUT2D eigenvalue weighted by atomic mass is 10.2. The van der Waals surface area contributed by atoms with Gasteiger partial charge in [0.1, 0.15) is 11.5 Å². The van der Waals surface area contributed by atoms with Crippen LogP contribution in [-0.4, -0.2) is 31.5 Å². The Morgan fingerprint density at radius 2 is 1.50 bits per heavy atom. The van der Waals surface area contributed by atoms with Gasteiger partial charge in [-0.3, -0.25) is 10.1 Å². The molecule has 7 heteroatoms. The number of methoxy groups -OCH3 is 2. The van der Waals surface area contributed by atoms with Crippen molar-refractivity contribution in [2.24, 2.45) is 10.2 Å². The summed E-state index contributed by atoms with van der Waals surface area (Å²) in [6, 6.07) is 14.9. The van der Waals surface area contributed by atoms with Gasteiger partial charge in [-0.05, 0) is 65.4 Å². The van der Waals surface area contributed by atoms with E-state index in [-0.39, 0.29) is 5.91 Å². The molecule has 0 radical (unpaired) electrons. The number of ether oxygens (including phenoxy) is 2. The molecular formula is C19H17N3O3S. The molecule has 1 N–H and O–H groups in total. The van der Waals surface area contributed by atoms with Crippen molar-refractivity contribution in [2.75, 3.05) is 14.2 Å². The van der Waals surface area contributed by atoms with Crippen molar-refractivity contribution < 1.29 is 14.3 Å². The quantitative estimate of drug-likeness (QED) is 0.500. The fraction of sp³-hybridized carbons (Fsp3) is 0.105. The Balaban J connectivity index is 1.66. The molecular weight excluding hydrogens is 350 g/mol. The number of hydrogen-bond donors (Lipinski definition) is 1. The van der Waals surface area contributed by atoms with E-state index >= 15 is 0 Å². The second-order valence-electron chi connectivity index (χ2n) is 5.26. The average Bonchev–Trinajstić information content (AvgIpc) is 3.02. The van der Waals surface area contributed by atoms with Crippen molar-refractivity contribution in [1.82, 2.24) is 5.32 Å². The highest BCUT2D eigenvalue weighted by molar-refractivity contribution is 8.18. The van der Waals surface area contributed by atoms with Gasteiger partial charge in [-0.15, -0.1) is 5.10 Å². The molecule has 0 atom stereocenters. The molecule has 0 spiro atoms. The van der Waals surface area contributed by atoms with Crippen LogP contribution in [0.2, 0.25) is 0 Å². The second-order valence-corrected chi connectivity index (χ2v) is 6.29. The van der Waals surface area contributed by atoms with E-state index in [1.54, 1.807) is 26.5 Å². The van der Waals surface area contributed by atoms with Crippen LogP contribution in [0.1, 0.15) is 11.1 Å². The third-order valence-corrected chi connectivity index (χ3v) is 4.44. The molecule has 0 saturated carbocycles. The van der Waals surface area contributed by atoms with Crippen LogP contribution in [0.4, 0.5) is 0 Å². The molecule has 132 valence electrons. The summed E-state index contributed by atoms with van der Waals surface area (Å²) >= 11 is 1.25. The summed E-state index contributed by atoms with van der Waals surface area (Å²) in [6.45, 7) is 0. The maximum atomic E-state index is 12.0. The van der Waals surface area contributed by atoms with E-state index < -0.39 is 0 Å². The SMILES string of the molecule is COc1ccc(C=N/N=C2\NC(=O)C(=Cc3ccc(OC)cc3)S2)cc1. The minimum Gasteiger partial charge on any atom is -0.497 e. The summed E-state index contributed by atoms with van der Waals surface area (Å²) in [4.78, 5) is 12.6. The zero-order valence-corrected chi connectivity index (χ0v) is 15.1. The van der Waals surface area contributed by atoms with E-state index in [1.807, 2.05) is 48.5 Å².